The van der Waals surface area contributed by atoms with Crippen molar-refractivity contribution >= 4 is 11.8 Å². The molecule has 5 nitrogen and oxygen atoms in total. The summed E-state index contributed by atoms with van der Waals surface area (Å²) in [5, 5.41) is 2.72. The van der Waals surface area contributed by atoms with E-state index in [1.807, 2.05) is 43.3 Å². The van der Waals surface area contributed by atoms with E-state index in [1.54, 1.807) is 0 Å². The van der Waals surface area contributed by atoms with E-state index in [0.717, 1.165) is 12.2 Å². The molecular weight excluding hydrogens is 304 g/mol. The number of anilines is 1. The molecule has 136 valence electrons. The molecule has 0 saturated carbocycles. The molecule has 1 aromatic carbocycles. The molecule has 0 radical (unpaired) electrons. The van der Waals surface area contributed by atoms with Crippen molar-refractivity contribution in [1.29, 1.82) is 0 Å². The van der Waals surface area contributed by atoms with Crippen LogP contribution in [0.1, 0.15) is 45.4 Å². The van der Waals surface area contributed by atoms with Crippen LogP contribution in [0.4, 0.5) is 10.5 Å². The van der Waals surface area contributed by atoms with Crippen LogP contribution < -0.4 is 10.1 Å². The second-order valence-corrected chi connectivity index (χ2v) is 6.21. The number of hydrogen-bond donors (Lipinski definition) is 1. The number of nitrogens with one attached hydrogen (secondary N) is 1. The van der Waals surface area contributed by atoms with Gasteiger partial charge in [-0.25, -0.2) is 4.79 Å². The molecule has 0 spiro atoms. The SMILES string of the molecule is CCCCCCCCOc1cccc(NC(=O)OCCN(C)C)c1. The van der Waals surface area contributed by atoms with Crippen molar-refractivity contribution in [3.05, 3.63) is 24.3 Å². The van der Waals surface area contributed by atoms with Gasteiger partial charge in [0.2, 0.25) is 0 Å². The monoisotopic (exact) mass is 336 g/mol. The Hall–Kier alpha value is -1.75. The lowest BCUT2D eigenvalue weighted by molar-refractivity contribution is 0.151. The molecule has 0 saturated heterocycles. The highest BCUT2D eigenvalue weighted by atomic mass is 16.5. The largest absolute Gasteiger partial charge is 0.494 e. The minimum atomic E-state index is -0.440. The maximum atomic E-state index is 11.7. The summed E-state index contributed by atoms with van der Waals surface area (Å²) in [4.78, 5) is 13.7. The Balaban J connectivity index is 2.24. The molecule has 1 N–H and O–H groups in total. The van der Waals surface area contributed by atoms with Crippen molar-refractivity contribution in [2.45, 2.75) is 45.4 Å². The van der Waals surface area contributed by atoms with Gasteiger partial charge in [-0.2, -0.15) is 0 Å². The summed E-state index contributed by atoms with van der Waals surface area (Å²) in [5.41, 5.74) is 0.685. The second kappa shape index (κ2) is 12.6. The first-order valence-corrected chi connectivity index (χ1v) is 8.93. The number of nitrogens with zero attached hydrogens (tertiary/aromatic N) is 1. The molecule has 0 heterocycles. The lowest BCUT2D eigenvalue weighted by Crippen LogP contribution is -2.22. The van der Waals surface area contributed by atoms with Crippen molar-refractivity contribution in [2.24, 2.45) is 0 Å². The number of unbranched alkanes of at least 4 members (excludes halogenated alkanes) is 5. The summed E-state index contributed by atoms with van der Waals surface area (Å²) < 4.78 is 10.9. The van der Waals surface area contributed by atoms with Gasteiger partial charge in [0.15, 0.2) is 0 Å². The lowest BCUT2D eigenvalue weighted by Gasteiger charge is -2.11. The predicted octanol–water partition coefficient (Wildman–Crippen LogP) is 4.54. The van der Waals surface area contributed by atoms with Crippen LogP contribution in [-0.4, -0.2) is 44.8 Å². The summed E-state index contributed by atoms with van der Waals surface area (Å²) in [6, 6.07) is 7.42. The first kappa shape index (κ1) is 20.3. The number of ether oxygens (including phenoxy) is 2. The Morgan fingerprint density at radius 2 is 1.83 bits per heavy atom. The molecule has 0 aliphatic carbocycles. The van der Waals surface area contributed by atoms with E-state index < -0.39 is 6.09 Å². The van der Waals surface area contributed by atoms with Crippen LogP contribution in [0.2, 0.25) is 0 Å². The first-order valence-electron chi connectivity index (χ1n) is 8.93. The van der Waals surface area contributed by atoms with E-state index in [1.165, 1.54) is 32.1 Å². The number of hydrogen-bond acceptors (Lipinski definition) is 4. The molecule has 24 heavy (non-hydrogen) atoms. The van der Waals surface area contributed by atoms with Crippen LogP contribution in [0.3, 0.4) is 0 Å². The lowest BCUT2D eigenvalue weighted by atomic mass is 10.1. The van der Waals surface area contributed by atoms with Gasteiger partial charge < -0.3 is 14.4 Å². The first-order chi connectivity index (χ1) is 11.6. The Morgan fingerprint density at radius 1 is 1.08 bits per heavy atom. The van der Waals surface area contributed by atoms with Gasteiger partial charge in [-0.1, -0.05) is 45.1 Å². The predicted molar refractivity (Wildman–Crippen MR) is 98.8 cm³/mol. The number of likely N-dealkylation sites (N-methyl/N-ethyl adjacent to an activating group) is 1. The molecule has 5 heteroatoms. The van der Waals surface area contributed by atoms with Crippen molar-refractivity contribution in [1.82, 2.24) is 4.90 Å². The Kier molecular flexibility index (Phi) is 10.7. The summed E-state index contributed by atoms with van der Waals surface area (Å²) in [5.74, 6) is 0.773. The fourth-order valence-electron chi connectivity index (χ4n) is 2.21. The van der Waals surface area contributed by atoms with Gasteiger partial charge in [-0.3, -0.25) is 5.32 Å². The highest BCUT2D eigenvalue weighted by Crippen LogP contribution is 2.18. The van der Waals surface area contributed by atoms with Crippen LogP contribution in [0, 0.1) is 0 Å². The van der Waals surface area contributed by atoms with E-state index in [4.69, 9.17) is 9.47 Å². The topological polar surface area (TPSA) is 50.8 Å². The second-order valence-electron chi connectivity index (χ2n) is 6.21. The van der Waals surface area contributed by atoms with Gasteiger partial charge in [-0.05, 0) is 32.6 Å². The standard InChI is InChI=1S/C19H32N2O3/c1-4-5-6-7-8-9-14-23-18-12-10-11-17(16-18)20-19(22)24-15-13-21(2)3/h10-12,16H,4-9,13-15H2,1-3H3,(H,20,22). The molecule has 0 fully saturated rings. The minimum absolute atomic E-state index is 0.368. The fourth-order valence-corrected chi connectivity index (χ4v) is 2.21. The van der Waals surface area contributed by atoms with E-state index in [9.17, 15) is 4.79 Å². The van der Waals surface area contributed by atoms with Gasteiger partial charge in [0, 0.05) is 18.3 Å². The Labute approximate surface area is 146 Å². The Bertz CT molecular complexity index is 464. The smallest absolute Gasteiger partial charge is 0.411 e. The van der Waals surface area contributed by atoms with Crippen molar-refractivity contribution in [2.75, 3.05) is 39.2 Å². The molecule has 0 aliphatic rings. The number of rotatable bonds is 12. The summed E-state index contributed by atoms with van der Waals surface area (Å²) >= 11 is 0. The number of carbonyl (C=O) groups excluding carboxylic acids is 1. The fraction of sp³-hybridized carbons (Fsp3) is 0.632. The average molecular weight is 336 g/mol. The summed E-state index contributed by atoms with van der Waals surface area (Å²) in [6.07, 6.45) is 7.01. The van der Waals surface area contributed by atoms with Gasteiger partial charge in [0.05, 0.1) is 6.61 Å². The number of amides is 1. The zero-order valence-corrected chi connectivity index (χ0v) is 15.3. The molecule has 1 amide bonds. The average Bonchev–Trinajstić information content (AvgIpc) is 2.54. The molecule has 1 rings (SSSR count). The minimum Gasteiger partial charge on any atom is -0.494 e. The third-order valence-corrected chi connectivity index (χ3v) is 3.62. The summed E-state index contributed by atoms with van der Waals surface area (Å²) in [6.45, 7) is 4.01. The van der Waals surface area contributed by atoms with Gasteiger partial charge in [-0.15, -0.1) is 0 Å². The molecule has 0 unspecified atom stereocenters. The van der Waals surface area contributed by atoms with Gasteiger partial charge in [0.1, 0.15) is 12.4 Å². The highest BCUT2D eigenvalue weighted by Gasteiger charge is 2.04. The van der Waals surface area contributed by atoms with Crippen molar-refractivity contribution < 1.29 is 14.3 Å². The van der Waals surface area contributed by atoms with Crippen molar-refractivity contribution in [3.8, 4) is 5.75 Å². The summed E-state index contributed by atoms with van der Waals surface area (Å²) in [7, 11) is 3.87. The third-order valence-electron chi connectivity index (χ3n) is 3.62. The molecule has 0 aliphatic heterocycles. The maximum Gasteiger partial charge on any atom is 0.411 e. The number of benzene rings is 1. The Morgan fingerprint density at radius 3 is 2.58 bits per heavy atom. The van der Waals surface area contributed by atoms with Crippen LogP contribution >= 0.6 is 0 Å². The zero-order valence-electron chi connectivity index (χ0n) is 15.3. The van der Waals surface area contributed by atoms with Gasteiger partial charge in [0.25, 0.3) is 0 Å². The van der Waals surface area contributed by atoms with E-state index in [-0.39, 0.29) is 0 Å². The quantitative estimate of drug-likeness (QED) is 0.570. The van der Waals surface area contributed by atoms with Gasteiger partial charge >= 0.3 is 6.09 Å². The van der Waals surface area contributed by atoms with Crippen molar-refractivity contribution in [3.63, 3.8) is 0 Å². The van der Waals surface area contributed by atoms with Crippen LogP contribution in [0.15, 0.2) is 24.3 Å². The maximum absolute atomic E-state index is 11.7. The normalized spacial score (nSPS) is 10.7. The van der Waals surface area contributed by atoms with Crippen LogP contribution in [-0.2, 0) is 4.74 Å². The molecule has 0 bridgehead atoms. The number of carbonyl (C=O) groups is 1. The third kappa shape index (κ3) is 10.1. The molecule has 0 aromatic heterocycles. The molecule has 1 aromatic rings. The van der Waals surface area contributed by atoms with Crippen LogP contribution in [0.5, 0.6) is 5.75 Å². The van der Waals surface area contributed by atoms with E-state index >= 15 is 0 Å². The van der Waals surface area contributed by atoms with Crippen LogP contribution in [0.25, 0.3) is 0 Å². The zero-order chi connectivity index (χ0) is 17.6. The van der Waals surface area contributed by atoms with E-state index in [2.05, 4.69) is 12.2 Å². The molecular formula is C19H32N2O3. The highest BCUT2D eigenvalue weighted by molar-refractivity contribution is 5.84. The van der Waals surface area contributed by atoms with E-state index in [0.29, 0.717) is 25.4 Å². The molecule has 0 atom stereocenters.